The molecule has 1 aliphatic rings. The average molecular weight is 372 g/mol. The molecule has 6 nitrogen and oxygen atoms in total. The lowest BCUT2D eigenvalue weighted by molar-refractivity contribution is -0.140. The maximum Gasteiger partial charge on any atom is 0.355 e. The van der Waals surface area contributed by atoms with E-state index >= 15 is 0 Å². The Kier molecular flexibility index (Phi) is 5.18. The first-order chi connectivity index (χ1) is 12.8. The number of hydrogen-bond acceptors (Lipinski definition) is 4. The second-order valence-corrected chi connectivity index (χ2v) is 7.82. The average Bonchev–Trinajstić information content (AvgIpc) is 2.85. The number of carbonyl (C=O) groups is 2. The summed E-state index contributed by atoms with van der Waals surface area (Å²) in [6, 6.07) is 3.83. The van der Waals surface area contributed by atoms with Crippen LogP contribution in [0.3, 0.4) is 0 Å². The summed E-state index contributed by atoms with van der Waals surface area (Å²) in [6.45, 7) is 11.4. The van der Waals surface area contributed by atoms with Crippen LogP contribution >= 0.6 is 0 Å². The number of aromatic nitrogens is 1. The van der Waals surface area contributed by atoms with Crippen molar-refractivity contribution >= 4 is 22.8 Å². The molecule has 1 aromatic carbocycles. The van der Waals surface area contributed by atoms with Gasteiger partial charge >= 0.3 is 5.97 Å². The first-order valence-corrected chi connectivity index (χ1v) is 9.53. The van der Waals surface area contributed by atoms with Crippen LogP contribution in [-0.2, 0) is 22.5 Å². The van der Waals surface area contributed by atoms with Crippen LogP contribution in [0.4, 0.5) is 0 Å². The van der Waals surface area contributed by atoms with E-state index in [0.29, 0.717) is 38.4 Å². The Morgan fingerprint density at radius 3 is 2.52 bits per heavy atom. The minimum atomic E-state index is -0.468. The highest BCUT2D eigenvalue weighted by Crippen LogP contribution is 2.37. The van der Waals surface area contributed by atoms with E-state index in [2.05, 4.69) is 4.98 Å². The van der Waals surface area contributed by atoms with Gasteiger partial charge in [-0.1, -0.05) is 20.8 Å². The molecular formula is C21H28N2O4. The van der Waals surface area contributed by atoms with Crippen molar-refractivity contribution in [1.82, 2.24) is 9.88 Å². The summed E-state index contributed by atoms with van der Waals surface area (Å²) in [5, 5.41) is 0.980. The third-order valence-corrected chi connectivity index (χ3v) is 4.82. The van der Waals surface area contributed by atoms with Gasteiger partial charge < -0.3 is 19.4 Å². The van der Waals surface area contributed by atoms with Crippen molar-refractivity contribution < 1.29 is 19.1 Å². The van der Waals surface area contributed by atoms with Gasteiger partial charge in [-0.2, -0.15) is 0 Å². The van der Waals surface area contributed by atoms with E-state index in [1.54, 1.807) is 6.92 Å². The summed E-state index contributed by atoms with van der Waals surface area (Å²) in [7, 11) is 0. The number of nitrogens with one attached hydrogen (secondary N) is 1. The van der Waals surface area contributed by atoms with Crippen molar-refractivity contribution in [3.8, 4) is 5.75 Å². The van der Waals surface area contributed by atoms with Gasteiger partial charge in [0.1, 0.15) is 11.4 Å². The number of H-pyrrole nitrogens is 1. The van der Waals surface area contributed by atoms with E-state index in [0.717, 1.165) is 27.8 Å². The second kappa shape index (κ2) is 7.25. The van der Waals surface area contributed by atoms with Crippen LogP contribution in [0, 0.1) is 5.41 Å². The number of nitrogens with zero attached hydrogens (tertiary/aromatic N) is 1. The molecule has 1 aliphatic heterocycles. The molecule has 0 saturated heterocycles. The molecule has 0 spiro atoms. The second-order valence-electron chi connectivity index (χ2n) is 7.82. The van der Waals surface area contributed by atoms with Crippen LogP contribution in [0.25, 0.3) is 10.9 Å². The Morgan fingerprint density at radius 1 is 1.15 bits per heavy atom. The van der Waals surface area contributed by atoms with Crippen molar-refractivity contribution in [2.75, 3.05) is 19.8 Å². The highest BCUT2D eigenvalue weighted by molar-refractivity contribution is 6.00. The zero-order valence-corrected chi connectivity index (χ0v) is 16.8. The van der Waals surface area contributed by atoms with Gasteiger partial charge in [0.15, 0.2) is 0 Å². The quantitative estimate of drug-likeness (QED) is 0.831. The highest BCUT2D eigenvalue weighted by atomic mass is 16.5. The van der Waals surface area contributed by atoms with Gasteiger partial charge in [0.2, 0.25) is 5.91 Å². The summed E-state index contributed by atoms with van der Waals surface area (Å²) in [6.07, 6.45) is 0.596. The monoisotopic (exact) mass is 372 g/mol. The van der Waals surface area contributed by atoms with Crippen LogP contribution in [-0.4, -0.2) is 41.5 Å². The first kappa shape index (κ1) is 19.3. The number of benzene rings is 1. The topological polar surface area (TPSA) is 71.6 Å². The summed E-state index contributed by atoms with van der Waals surface area (Å²) in [5.41, 5.74) is 2.74. The van der Waals surface area contributed by atoms with Crippen LogP contribution in [0.5, 0.6) is 5.75 Å². The highest BCUT2D eigenvalue weighted by Gasteiger charge is 2.32. The van der Waals surface area contributed by atoms with E-state index in [1.807, 2.05) is 44.7 Å². The van der Waals surface area contributed by atoms with E-state index in [9.17, 15) is 9.59 Å². The molecule has 1 aromatic heterocycles. The molecule has 0 radical (unpaired) electrons. The summed E-state index contributed by atoms with van der Waals surface area (Å²) in [4.78, 5) is 30.5. The minimum Gasteiger partial charge on any atom is -0.494 e. The SMILES string of the molecule is CCOC(=O)c1[nH]c2ccc(OCC)c3c2c1CCN(C(=O)C(C)(C)C)C3. The predicted octanol–water partition coefficient (Wildman–Crippen LogP) is 3.67. The Labute approximate surface area is 159 Å². The molecule has 1 N–H and O–H groups in total. The van der Waals surface area contributed by atoms with Gasteiger partial charge in [-0.15, -0.1) is 0 Å². The minimum absolute atomic E-state index is 0.0915. The fourth-order valence-electron chi connectivity index (χ4n) is 3.65. The van der Waals surface area contributed by atoms with Gasteiger partial charge in [0.25, 0.3) is 0 Å². The Morgan fingerprint density at radius 2 is 1.89 bits per heavy atom. The standard InChI is InChI=1S/C21H28N2O4/c1-6-26-16-9-8-15-17-13(18(22-15)19(24)27-7-2)10-11-23(12-14(16)17)20(25)21(3,4)5/h8-9,22H,6-7,10-12H2,1-5H3. The van der Waals surface area contributed by atoms with E-state index in [-0.39, 0.29) is 11.9 Å². The predicted molar refractivity (Wildman–Crippen MR) is 104 cm³/mol. The van der Waals surface area contributed by atoms with E-state index in [4.69, 9.17) is 9.47 Å². The molecule has 0 atom stereocenters. The first-order valence-electron chi connectivity index (χ1n) is 9.53. The van der Waals surface area contributed by atoms with Crippen molar-refractivity contribution in [3.63, 3.8) is 0 Å². The van der Waals surface area contributed by atoms with Crippen molar-refractivity contribution in [1.29, 1.82) is 0 Å². The fourth-order valence-corrected chi connectivity index (χ4v) is 3.65. The van der Waals surface area contributed by atoms with Gasteiger partial charge in [-0.25, -0.2) is 4.79 Å². The zero-order chi connectivity index (χ0) is 19.8. The molecule has 2 heterocycles. The maximum absolute atomic E-state index is 12.9. The Hall–Kier alpha value is -2.50. The molecule has 146 valence electrons. The Bertz CT molecular complexity index is 876. The molecule has 3 rings (SSSR count). The fraction of sp³-hybridized carbons (Fsp3) is 0.524. The molecule has 27 heavy (non-hydrogen) atoms. The lowest BCUT2D eigenvalue weighted by Crippen LogP contribution is -2.39. The van der Waals surface area contributed by atoms with Crippen LogP contribution in [0.2, 0.25) is 0 Å². The number of aromatic amines is 1. The lowest BCUT2D eigenvalue weighted by Gasteiger charge is -2.29. The normalized spacial score (nSPS) is 14.2. The van der Waals surface area contributed by atoms with Crippen molar-refractivity contribution in [2.45, 2.75) is 47.6 Å². The Balaban J connectivity index is 2.15. The van der Waals surface area contributed by atoms with Gasteiger partial charge in [-0.05, 0) is 38.0 Å². The summed E-state index contributed by atoms with van der Waals surface area (Å²) < 4.78 is 11.1. The van der Waals surface area contributed by atoms with Crippen molar-refractivity contribution in [2.24, 2.45) is 5.41 Å². The lowest BCUT2D eigenvalue weighted by atomic mass is 9.94. The number of carbonyl (C=O) groups excluding carboxylic acids is 2. The molecule has 0 bridgehead atoms. The third-order valence-electron chi connectivity index (χ3n) is 4.82. The van der Waals surface area contributed by atoms with Crippen LogP contribution < -0.4 is 4.74 Å². The number of ether oxygens (including phenoxy) is 2. The molecule has 6 heteroatoms. The molecule has 0 unspecified atom stereocenters. The molecule has 0 saturated carbocycles. The third kappa shape index (κ3) is 3.53. The van der Waals surface area contributed by atoms with E-state index < -0.39 is 5.41 Å². The largest absolute Gasteiger partial charge is 0.494 e. The molecule has 0 fully saturated rings. The van der Waals surface area contributed by atoms with Crippen LogP contribution in [0.15, 0.2) is 12.1 Å². The maximum atomic E-state index is 12.9. The molecule has 2 aromatic rings. The molecule has 0 aliphatic carbocycles. The summed E-state index contributed by atoms with van der Waals surface area (Å²) >= 11 is 0. The van der Waals surface area contributed by atoms with Gasteiger partial charge in [0, 0.05) is 35.0 Å². The number of amides is 1. The zero-order valence-electron chi connectivity index (χ0n) is 16.8. The van der Waals surface area contributed by atoms with Crippen LogP contribution in [0.1, 0.15) is 56.2 Å². The van der Waals surface area contributed by atoms with Gasteiger partial charge in [0.05, 0.1) is 13.2 Å². The number of esters is 1. The molecular weight excluding hydrogens is 344 g/mol. The van der Waals surface area contributed by atoms with E-state index in [1.165, 1.54) is 0 Å². The number of rotatable bonds is 4. The van der Waals surface area contributed by atoms with Crippen molar-refractivity contribution in [3.05, 3.63) is 29.0 Å². The smallest absolute Gasteiger partial charge is 0.355 e. The van der Waals surface area contributed by atoms with Gasteiger partial charge in [-0.3, -0.25) is 4.79 Å². The number of hydrogen-bond donors (Lipinski definition) is 1. The summed E-state index contributed by atoms with van der Waals surface area (Å²) in [5.74, 6) is 0.492. The molecule has 1 amide bonds.